The van der Waals surface area contributed by atoms with Crippen molar-refractivity contribution in [2.75, 3.05) is 7.05 Å². The second-order valence-corrected chi connectivity index (χ2v) is 5.96. The van der Waals surface area contributed by atoms with Crippen molar-refractivity contribution in [1.82, 2.24) is 5.32 Å². The number of nitrogens with zero attached hydrogens (tertiary/aromatic N) is 1. The quantitative estimate of drug-likeness (QED) is 0.623. The predicted molar refractivity (Wildman–Crippen MR) is 87.8 cm³/mol. The molecule has 0 aromatic heterocycles. The lowest BCUT2D eigenvalue weighted by Crippen LogP contribution is -2.19. The van der Waals surface area contributed by atoms with E-state index in [1.165, 1.54) is 12.1 Å². The van der Waals surface area contributed by atoms with Gasteiger partial charge in [-0.25, -0.2) is 0 Å². The lowest BCUT2D eigenvalue weighted by Gasteiger charge is -2.18. The molecule has 2 rings (SSSR count). The molecule has 4 nitrogen and oxygen atoms in total. The van der Waals surface area contributed by atoms with Crippen molar-refractivity contribution in [2.24, 2.45) is 0 Å². The van der Waals surface area contributed by atoms with Crippen LogP contribution in [0.1, 0.15) is 17.2 Å². The third kappa shape index (κ3) is 4.03. The maximum atomic E-state index is 10.7. The fourth-order valence-electron chi connectivity index (χ4n) is 2.14. The summed E-state index contributed by atoms with van der Waals surface area (Å²) < 4.78 is 0.964. The van der Waals surface area contributed by atoms with Crippen molar-refractivity contribution in [3.63, 3.8) is 0 Å². The van der Waals surface area contributed by atoms with Gasteiger partial charge in [0.05, 0.1) is 4.92 Å². The van der Waals surface area contributed by atoms with Crippen LogP contribution < -0.4 is 5.32 Å². The van der Waals surface area contributed by atoms with Crippen LogP contribution in [0.5, 0.6) is 0 Å². The molecule has 1 unspecified atom stereocenters. The van der Waals surface area contributed by atoms with Gasteiger partial charge in [0.2, 0.25) is 0 Å². The monoisotopic (exact) mass is 368 g/mol. The van der Waals surface area contributed by atoms with E-state index in [4.69, 9.17) is 11.6 Å². The van der Waals surface area contributed by atoms with Crippen LogP contribution in [-0.4, -0.2) is 12.0 Å². The fourth-order valence-corrected chi connectivity index (χ4v) is 2.77. The largest absolute Gasteiger partial charge is 0.313 e. The average Bonchev–Trinajstić information content (AvgIpc) is 2.48. The molecule has 6 heteroatoms. The van der Waals surface area contributed by atoms with E-state index in [9.17, 15) is 10.1 Å². The van der Waals surface area contributed by atoms with Gasteiger partial charge in [-0.1, -0.05) is 39.7 Å². The molecule has 0 heterocycles. The molecule has 0 spiro atoms. The Bertz CT molecular complexity index is 647. The van der Waals surface area contributed by atoms with E-state index in [-0.39, 0.29) is 11.7 Å². The van der Waals surface area contributed by atoms with Gasteiger partial charge in [-0.2, -0.15) is 0 Å². The number of benzene rings is 2. The van der Waals surface area contributed by atoms with Gasteiger partial charge in [-0.15, -0.1) is 0 Å². The van der Waals surface area contributed by atoms with Crippen molar-refractivity contribution in [2.45, 2.75) is 12.5 Å². The van der Waals surface area contributed by atoms with Gasteiger partial charge in [-0.3, -0.25) is 10.1 Å². The topological polar surface area (TPSA) is 55.2 Å². The molecule has 0 aliphatic carbocycles. The number of hydrogen-bond donors (Lipinski definition) is 1. The molecule has 0 amide bonds. The first-order valence-electron chi connectivity index (χ1n) is 6.37. The van der Waals surface area contributed by atoms with Gasteiger partial charge in [-0.05, 0) is 42.8 Å². The Kier molecular flexibility index (Phi) is 5.33. The minimum atomic E-state index is -0.398. The van der Waals surface area contributed by atoms with E-state index in [1.807, 2.05) is 25.2 Å². The Morgan fingerprint density at radius 3 is 2.52 bits per heavy atom. The van der Waals surface area contributed by atoms with Crippen LogP contribution in [0, 0.1) is 10.1 Å². The van der Waals surface area contributed by atoms with E-state index < -0.39 is 4.92 Å². The Hall–Kier alpha value is -1.43. The fraction of sp³-hybridized carbons (Fsp3) is 0.200. The van der Waals surface area contributed by atoms with Crippen LogP contribution >= 0.6 is 27.5 Å². The van der Waals surface area contributed by atoms with Crippen molar-refractivity contribution in [3.8, 4) is 0 Å². The van der Waals surface area contributed by atoms with E-state index in [1.54, 1.807) is 12.1 Å². The highest BCUT2D eigenvalue weighted by Crippen LogP contribution is 2.29. The lowest BCUT2D eigenvalue weighted by molar-refractivity contribution is -0.384. The number of rotatable bonds is 5. The molecule has 1 N–H and O–H groups in total. The molecule has 0 saturated heterocycles. The maximum absolute atomic E-state index is 10.7. The van der Waals surface area contributed by atoms with Crippen molar-refractivity contribution >= 4 is 33.2 Å². The number of hydrogen-bond acceptors (Lipinski definition) is 3. The molecule has 21 heavy (non-hydrogen) atoms. The second-order valence-electron chi connectivity index (χ2n) is 4.63. The van der Waals surface area contributed by atoms with E-state index in [0.717, 1.165) is 15.6 Å². The van der Waals surface area contributed by atoms with Gasteiger partial charge in [0.25, 0.3) is 5.69 Å². The molecule has 2 aromatic rings. The van der Waals surface area contributed by atoms with Gasteiger partial charge < -0.3 is 5.32 Å². The summed E-state index contributed by atoms with van der Waals surface area (Å²) in [7, 11) is 1.87. The third-order valence-electron chi connectivity index (χ3n) is 3.27. The van der Waals surface area contributed by atoms with Crippen LogP contribution in [0.4, 0.5) is 5.69 Å². The minimum Gasteiger partial charge on any atom is -0.313 e. The highest BCUT2D eigenvalue weighted by atomic mass is 79.9. The van der Waals surface area contributed by atoms with E-state index >= 15 is 0 Å². The second kappa shape index (κ2) is 7.02. The molecule has 110 valence electrons. The standard InChI is InChI=1S/C15H14BrClN2O2/c1-18-15(13-9-11(16)4-7-14(13)17)8-10-2-5-12(6-3-10)19(20)21/h2-7,9,15,18H,8H2,1H3. The Labute approximate surface area is 136 Å². The smallest absolute Gasteiger partial charge is 0.269 e. The highest BCUT2D eigenvalue weighted by molar-refractivity contribution is 9.10. The summed E-state index contributed by atoms with van der Waals surface area (Å²) in [6.45, 7) is 0. The Morgan fingerprint density at radius 2 is 1.95 bits per heavy atom. The Balaban J connectivity index is 2.22. The molecule has 0 radical (unpaired) electrons. The summed E-state index contributed by atoms with van der Waals surface area (Å²) in [5, 5.41) is 14.6. The van der Waals surface area contributed by atoms with Crippen LogP contribution in [-0.2, 0) is 6.42 Å². The summed E-state index contributed by atoms with van der Waals surface area (Å²) in [4.78, 5) is 10.3. The lowest BCUT2D eigenvalue weighted by atomic mass is 9.99. The number of nitro benzene ring substituents is 1. The molecule has 0 aliphatic rings. The average molecular weight is 370 g/mol. The van der Waals surface area contributed by atoms with Gasteiger partial charge in [0.15, 0.2) is 0 Å². The number of halogens is 2. The molecular formula is C15H14BrClN2O2. The van der Waals surface area contributed by atoms with Crippen molar-refractivity contribution < 1.29 is 4.92 Å². The number of non-ortho nitro benzene ring substituents is 1. The van der Waals surface area contributed by atoms with Gasteiger partial charge in [0, 0.05) is 27.7 Å². The molecule has 0 fully saturated rings. The normalized spacial score (nSPS) is 12.1. The van der Waals surface area contributed by atoms with E-state index in [2.05, 4.69) is 21.2 Å². The molecular weight excluding hydrogens is 356 g/mol. The predicted octanol–water partition coefficient (Wildman–Crippen LogP) is 4.51. The summed E-state index contributed by atoms with van der Waals surface area (Å²) in [5.41, 5.74) is 2.10. The minimum absolute atomic E-state index is 0.0384. The SMILES string of the molecule is CNC(Cc1ccc([N+](=O)[O-])cc1)c1cc(Br)ccc1Cl. The van der Waals surface area contributed by atoms with Crippen LogP contribution in [0.2, 0.25) is 5.02 Å². The molecule has 2 aromatic carbocycles. The molecule has 0 saturated carbocycles. The molecule has 0 bridgehead atoms. The molecule has 1 atom stereocenters. The number of likely N-dealkylation sites (N-methyl/N-ethyl adjacent to an activating group) is 1. The zero-order chi connectivity index (χ0) is 15.4. The third-order valence-corrected chi connectivity index (χ3v) is 4.11. The number of nitrogens with one attached hydrogen (secondary N) is 1. The first kappa shape index (κ1) is 15.9. The Morgan fingerprint density at radius 1 is 1.29 bits per heavy atom. The van der Waals surface area contributed by atoms with Crippen LogP contribution in [0.25, 0.3) is 0 Å². The number of nitro groups is 1. The summed E-state index contributed by atoms with van der Waals surface area (Å²) >= 11 is 9.70. The van der Waals surface area contributed by atoms with Crippen LogP contribution in [0.3, 0.4) is 0 Å². The highest BCUT2D eigenvalue weighted by Gasteiger charge is 2.15. The van der Waals surface area contributed by atoms with E-state index in [0.29, 0.717) is 11.4 Å². The summed E-state index contributed by atoms with van der Waals surface area (Å²) in [5.74, 6) is 0. The van der Waals surface area contributed by atoms with Gasteiger partial charge in [0.1, 0.15) is 0 Å². The van der Waals surface area contributed by atoms with Crippen LogP contribution in [0.15, 0.2) is 46.9 Å². The van der Waals surface area contributed by atoms with Crippen molar-refractivity contribution in [1.29, 1.82) is 0 Å². The molecule has 0 aliphatic heterocycles. The summed E-state index contributed by atoms with van der Waals surface area (Å²) in [6, 6.07) is 12.3. The maximum Gasteiger partial charge on any atom is 0.269 e. The first-order chi connectivity index (χ1) is 10.0. The zero-order valence-electron chi connectivity index (χ0n) is 11.3. The first-order valence-corrected chi connectivity index (χ1v) is 7.54. The van der Waals surface area contributed by atoms with Crippen molar-refractivity contribution in [3.05, 3.63) is 73.2 Å². The summed E-state index contributed by atoms with van der Waals surface area (Å²) in [6.07, 6.45) is 0.699. The van der Waals surface area contributed by atoms with Gasteiger partial charge >= 0.3 is 0 Å². The zero-order valence-corrected chi connectivity index (χ0v) is 13.7.